The molecule has 0 saturated heterocycles. The highest BCUT2D eigenvalue weighted by atomic mass is 19.1. The number of rotatable bonds is 4. The molecule has 2 rings (SSSR count). The third-order valence-corrected chi connectivity index (χ3v) is 3.84. The standard InChI is InChI=1S/C14H18FN3O3/c1-8-6-14(7-8,12(16)18-20)13(19)17-9-3-4-10(15)11(5-9)21-2/h3-5,8,20H,6-7H2,1-2H3,(H2,16,18)(H,17,19). The van der Waals surface area contributed by atoms with Crippen molar-refractivity contribution in [1.82, 2.24) is 0 Å². The number of carbonyl (C=O) groups excluding carboxylic acids is 1. The van der Waals surface area contributed by atoms with Gasteiger partial charge in [-0.15, -0.1) is 0 Å². The van der Waals surface area contributed by atoms with Gasteiger partial charge in [-0.2, -0.15) is 0 Å². The summed E-state index contributed by atoms with van der Waals surface area (Å²) in [5.74, 6) is -0.637. The Morgan fingerprint density at radius 1 is 1.57 bits per heavy atom. The average molecular weight is 295 g/mol. The Hall–Kier alpha value is -2.31. The fourth-order valence-electron chi connectivity index (χ4n) is 2.72. The molecule has 7 heteroatoms. The molecule has 0 aliphatic heterocycles. The Bertz CT molecular complexity index is 583. The molecular weight excluding hydrogens is 277 g/mol. The summed E-state index contributed by atoms with van der Waals surface area (Å²) in [6, 6.07) is 4.02. The zero-order valence-corrected chi connectivity index (χ0v) is 11.9. The first-order valence-electron chi connectivity index (χ1n) is 6.56. The molecule has 1 aliphatic rings. The topological polar surface area (TPSA) is 96.9 Å². The Labute approximate surface area is 121 Å². The van der Waals surface area contributed by atoms with Crippen LogP contribution in [-0.2, 0) is 4.79 Å². The minimum absolute atomic E-state index is 0.0348. The Morgan fingerprint density at radius 2 is 2.24 bits per heavy atom. The van der Waals surface area contributed by atoms with Gasteiger partial charge in [-0.1, -0.05) is 12.1 Å². The lowest BCUT2D eigenvalue weighted by atomic mass is 9.61. The quantitative estimate of drug-likeness (QED) is 0.342. The number of hydrogen-bond donors (Lipinski definition) is 3. The molecule has 0 radical (unpaired) electrons. The number of hydrogen-bond acceptors (Lipinski definition) is 4. The predicted molar refractivity (Wildman–Crippen MR) is 75.8 cm³/mol. The molecule has 1 aromatic carbocycles. The second-order valence-electron chi connectivity index (χ2n) is 5.38. The lowest BCUT2D eigenvalue weighted by Gasteiger charge is -2.43. The Morgan fingerprint density at radius 3 is 2.76 bits per heavy atom. The molecule has 0 heterocycles. The molecule has 6 nitrogen and oxygen atoms in total. The molecular formula is C14H18FN3O3. The maximum absolute atomic E-state index is 13.3. The third-order valence-electron chi connectivity index (χ3n) is 3.84. The van der Waals surface area contributed by atoms with Crippen molar-refractivity contribution < 1.29 is 19.1 Å². The normalized spacial score (nSPS) is 25.1. The molecule has 4 N–H and O–H groups in total. The van der Waals surface area contributed by atoms with Crippen LogP contribution in [0.4, 0.5) is 10.1 Å². The van der Waals surface area contributed by atoms with E-state index in [4.69, 9.17) is 15.7 Å². The van der Waals surface area contributed by atoms with Crippen molar-refractivity contribution in [3.8, 4) is 5.75 Å². The summed E-state index contributed by atoms with van der Waals surface area (Å²) in [6.45, 7) is 1.98. The summed E-state index contributed by atoms with van der Waals surface area (Å²) in [6.07, 6.45) is 1.01. The van der Waals surface area contributed by atoms with Gasteiger partial charge in [0.25, 0.3) is 0 Å². The molecule has 0 aromatic heterocycles. The summed E-state index contributed by atoms with van der Waals surface area (Å²) in [7, 11) is 1.34. The maximum atomic E-state index is 13.3. The minimum Gasteiger partial charge on any atom is -0.494 e. The van der Waals surface area contributed by atoms with Crippen molar-refractivity contribution in [3.05, 3.63) is 24.0 Å². The van der Waals surface area contributed by atoms with Crippen LogP contribution in [-0.4, -0.2) is 24.1 Å². The van der Waals surface area contributed by atoms with Crippen LogP contribution in [0.25, 0.3) is 0 Å². The smallest absolute Gasteiger partial charge is 0.238 e. The number of benzene rings is 1. The largest absolute Gasteiger partial charge is 0.494 e. The number of anilines is 1. The summed E-state index contributed by atoms with van der Waals surface area (Å²) >= 11 is 0. The maximum Gasteiger partial charge on any atom is 0.238 e. The van der Waals surface area contributed by atoms with Gasteiger partial charge in [0.05, 0.1) is 7.11 Å². The molecule has 0 unspecified atom stereocenters. The molecule has 1 amide bonds. The molecule has 0 spiro atoms. The van der Waals surface area contributed by atoms with Crippen LogP contribution in [0.3, 0.4) is 0 Å². The number of amidine groups is 1. The summed E-state index contributed by atoms with van der Waals surface area (Å²) < 4.78 is 18.2. The van der Waals surface area contributed by atoms with Crippen molar-refractivity contribution in [1.29, 1.82) is 0 Å². The summed E-state index contributed by atoms with van der Waals surface area (Å²) in [5, 5.41) is 14.5. The van der Waals surface area contributed by atoms with Gasteiger partial charge in [-0.25, -0.2) is 4.39 Å². The molecule has 114 valence electrons. The second kappa shape index (κ2) is 5.59. The molecule has 21 heavy (non-hydrogen) atoms. The highest BCUT2D eigenvalue weighted by Gasteiger charge is 2.52. The number of amides is 1. The van der Waals surface area contributed by atoms with Crippen LogP contribution in [0, 0.1) is 17.2 Å². The monoisotopic (exact) mass is 295 g/mol. The highest BCUT2D eigenvalue weighted by Crippen LogP contribution is 2.46. The zero-order chi connectivity index (χ0) is 15.6. The first-order chi connectivity index (χ1) is 9.92. The second-order valence-corrected chi connectivity index (χ2v) is 5.38. The van der Waals surface area contributed by atoms with Crippen molar-refractivity contribution in [2.75, 3.05) is 12.4 Å². The SMILES string of the molecule is COc1cc(NC(=O)C2(/C(N)=N/O)CC(C)C2)ccc1F. The van der Waals surface area contributed by atoms with E-state index < -0.39 is 11.2 Å². The number of methoxy groups -OCH3 is 1. The van der Waals surface area contributed by atoms with E-state index in [9.17, 15) is 9.18 Å². The Kier molecular flexibility index (Phi) is 4.02. The first kappa shape index (κ1) is 15.1. The lowest BCUT2D eigenvalue weighted by molar-refractivity contribution is -0.127. The molecule has 1 fully saturated rings. The number of oxime groups is 1. The van der Waals surface area contributed by atoms with E-state index >= 15 is 0 Å². The van der Waals surface area contributed by atoms with Crippen molar-refractivity contribution in [2.45, 2.75) is 19.8 Å². The lowest BCUT2D eigenvalue weighted by Crippen LogP contribution is -2.54. The van der Waals surface area contributed by atoms with E-state index in [2.05, 4.69) is 10.5 Å². The van der Waals surface area contributed by atoms with Gasteiger partial charge < -0.3 is 21.0 Å². The predicted octanol–water partition coefficient (Wildman–Crippen LogP) is 1.94. The van der Waals surface area contributed by atoms with E-state index in [0.717, 1.165) is 0 Å². The van der Waals surface area contributed by atoms with Gasteiger partial charge in [0, 0.05) is 11.8 Å². The average Bonchev–Trinajstić information content (AvgIpc) is 2.44. The fraction of sp³-hybridized carbons (Fsp3) is 0.429. The van der Waals surface area contributed by atoms with Crippen molar-refractivity contribution in [2.24, 2.45) is 22.2 Å². The van der Waals surface area contributed by atoms with Gasteiger partial charge in [-0.05, 0) is 30.9 Å². The molecule has 1 aliphatic carbocycles. The number of ether oxygens (including phenoxy) is 1. The van der Waals surface area contributed by atoms with E-state index in [1.807, 2.05) is 6.92 Å². The van der Waals surface area contributed by atoms with Crippen molar-refractivity contribution in [3.63, 3.8) is 0 Å². The molecule has 1 aromatic rings. The van der Waals surface area contributed by atoms with E-state index in [1.54, 1.807) is 0 Å². The third kappa shape index (κ3) is 2.63. The molecule has 0 atom stereocenters. The summed E-state index contributed by atoms with van der Waals surface area (Å²) in [5.41, 5.74) is 5.05. The molecule has 1 saturated carbocycles. The van der Waals surface area contributed by atoms with Crippen molar-refractivity contribution >= 4 is 17.4 Å². The van der Waals surface area contributed by atoms with Crippen LogP contribution in [0.2, 0.25) is 0 Å². The van der Waals surface area contributed by atoms with Crippen LogP contribution in [0.1, 0.15) is 19.8 Å². The van der Waals surface area contributed by atoms with Gasteiger partial charge >= 0.3 is 0 Å². The van der Waals surface area contributed by atoms with Crippen LogP contribution < -0.4 is 15.8 Å². The van der Waals surface area contributed by atoms with Gasteiger partial charge in [0.2, 0.25) is 5.91 Å². The van der Waals surface area contributed by atoms with Gasteiger partial charge in [-0.3, -0.25) is 4.79 Å². The number of nitrogens with zero attached hydrogens (tertiary/aromatic N) is 1. The zero-order valence-electron chi connectivity index (χ0n) is 11.9. The van der Waals surface area contributed by atoms with E-state index in [-0.39, 0.29) is 17.5 Å². The molecule has 0 bridgehead atoms. The number of nitrogens with one attached hydrogen (secondary N) is 1. The van der Waals surface area contributed by atoms with Gasteiger partial charge in [0.15, 0.2) is 17.4 Å². The first-order valence-corrected chi connectivity index (χ1v) is 6.56. The number of halogens is 1. The Balaban J connectivity index is 2.20. The van der Waals surface area contributed by atoms with E-state index in [1.165, 1.54) is 25.3 Å². The number of carbonyl (C=O) groups is 1. The number of nitrogens with two attached hydrogens (primary N) is 1. The summed E-state index contributed by atoms with van der Waals surface area (Å²) in [4.78, 5) is 12.4. The van der Waals surface area contributed by atoms with Crippen LogP contribution in [0.15, 0.2) is 23.4 Å². The van der Waals surface area contributed by atoms with Crippen LogP contribution in [0.5, 0.6) is 5.75 Å². The fourth-order valence-corrected chi connectivity index (χ4v) is 2.72. The minimum atomic E-state index is -1.00. The van der Waals surface area contributed by atoms with Crippen LogP contribution >= 0.6 is 0 Å². The van der Waals surface area contributed by atoms with E-state index in [0.29, 0.717) is 24.4 Å². The van der Waals surface area contributed by atoms with Gasteiger partial charge in [0.1, 0.15) is 5.41 Å². The highest BCUT2D eigenvalue weighted by molar-refractivity contribution is 6.12.